The molecule has 1 heterocycles. The largest absolute Gasteiger partial charge is 0.497 e. The van der Waals surface area contributed by atoms with Crippen LogP contribution in [-0.4, -0.2) is 44.7 Å². The molecule has 2 aromatic carbocycles. The number of carbonyl (C=O) groups excluding carboxylic acids is 1. The minimum Gasteiger partial charge on any atom is -0.497 e. The predicted octanol–water partition coefficient (Wildman–Crippen LogP) is 3.04. The van der Waals surface area contributed by atoms with E-state index in [9.17, 15) is 13.2 Å². The summed E-state index contributed by atoms with van der Waals surface area (Å²) in [6.07, 6.45) is 0.423. The van der Waals surface area contributed by atoms with Crippen LogP contribution in [0.1, 0.15) is 16.8 Å². The molecule has 1 aliphatic heterocycles. The van der Waals surface area contributed by atoms with Crippen molar-refractivity contribution in [2.45, 2.75) is 16.6 Å². The molecule has 1 atom stereocenters. The summed E-state index contributed by atoms with van der Waals surface area (Å²) in [4.78, 5) is 14.4. The lowest BCUT2D eigenvalue weighted by Gasteiger charge is -2.17. The highest BCUT2D eigenvalue weighted by atomic mass is 35.5. The molecule has 25 heavy (non-hydrogen) atoms. The van der Waals surface area contributed by atoms with Crippen LogP contribution in [0.2, 0.25) is 5.02 Å². The first-order valence-corrected chi connectivity index (χ1v) is 9.77. The molecule has 1 saturated heterocycles. The number of hydrogen-bond donors (Lipinski definition) is 0. The number of hydrogen-bond acceptors (Lipinski definition) is 4. The predicted molar refractivity (Wildman–Crippen MR) is 95.9 cm³/mol. The summed E-state index contributed by atoms with van der Waals surface area (Å²) in [5, 5.41) is -0.113. The summed E-state index contributed by atoms with van der Waals surface area (Å²) >= 11 is 5.82. The third-order valence-electron chi connectivity index (χ3n) is 4.35. The highest BCUT2D eigenvalue weighted by Crippen LogP contribution is 2.26. The van der Waals surface area contributed by atoms with Gasteiger partial charge < -0.3 is 9.64 Å². The van der Waals surface area contributed by atoms with Gasteiger partial charge in [-0.05, 0) is 55.0 Å². The molecule has 0 bridgehead atoms. The Hall–Kier alpha value is -2.05. The standard InChI is InChI=1S/C18H18ClNO4S/c1-24-15-6-2-13(3-7-15)18(21)20-11-10-17(12-20)25(22,23)16-8-4-14(19)5-9-16/h2-9,17H,10-12H2,1H3. The zero-order valence-electron chi connectivity index (χ0n) is 13.7. The molecule has 0 spiro atoms. The Morgan fingerprint density at radius 1 is 1.12 bits per heavy atom. The van der Waals surface area contributed by atoms with Gasteiger partial charge in [0.15, 0.2) is 9.84 Å². The van der Waals surface area contributed by atoms with Gasteiger partial charge in [-0.15, -0.1) is 0 Å². The van der Waals surface area contributed by atoms with Crippen molar-refractivity contribution in [3.8, 4) is 5.75 Å². The molecule has 2 aromatic rings. The second kappa shape index (κ2) is 7.06. The molecular formula is C18H18ClNO4S. The van der Waals surface area contributed by atoms with Gasteiger partial charge in [-0.3, -0.25) is 4.79 Å². The number of carbonyl (C=O) groups is 1. The number of nitrogens with zero attached hydrogens (tertiary/aromatic N) is 1. The van der Waals surface area contributed by atoms with Crippen molar-refractivity contribution in [3.05, 3.63) is 59.1 Å². The molecular weight excluding hydrogens is 362 g/mol. The average Bonchev–Trinajstić information content (AvgIpc) is 3.12. The van der Waals surface area contributed by atoms with Crippen molar-refractivity contribution < 1.29 is 17.9 Å². The molecule has 132 valence electrons. The van der Waals surface area contributed by atoms with Crippen LogP contribution < -0.4 is 4.74 Å². The Balaban J connectivity index is 1.74. The fraction of sp³-hybridized carbons (Fsp3) is 0.278. The number of sulfone groups is 1. The van der Waals surface area contributed by atoms with E-state index in [4.69, 9.17) is 16.3 Å². The van der Waals surface area contributed by atoms with E-state index in [0.717, 1.165) is 0 Å². The summed E-state index contributed by atoms with van der Waals surface area (Å²) in [7, 11) is -1.93. The zero-order valence-corrected chi connectivity index (χ0v) is 15.3. The van der Waals surface area contributed by atoms with Crippen molar-refractivity contribution >= 4 is 27.3 Å². The maximum Gasteiger partial charge on any atom is 0.253 e. The van der Waals surface area contributed by atoms with Crippen LogP contribution in [0.4, 0.5) is 0 Å². The van der Waals surface area contributed by atoms with E-state index in [0.29, 0.717) is 29.3 Å². The smallest absolute Gasteiger partial charge is 0.253 e. The van der Waals surface area contributed by atoms with Gasteiger partial charge in [0.1, 0.15) is 5.75 Å². The molecule has 1 aliphatic rings. The number of methoxy groups -OCH3 is 1. The van der Waals surface area contributed by atoms with Gasteiger partial charge in [-0.2, -0.15) is 0 Å². The van der Waals surface area contributed by atoms with Crippen LogP contribution >= 0.6 is 11.6 Å². The molecule has 0 N–H and O–H groups in total. The van der Waals surface area contributed by atoms with Crippen LogP contribution in [-0.2, 0) is 9.84 Å². The molecule has 1 amide bonds. The lowest BCUT2D eigenvalue weighted by Crippen LogP contribution is -2.31. The van der Waals surface area contributed by atoms with Crippen molar-refractivity contribution in [1.82, 2.24) is 4.90 Å². The molecule has 0 aromatic heterocycles. The number of likely N-dealkylation sites (tertiary alicyclic amines) is 1. The third-order valence-corrected chi connectivity index (χ3v) is 6.79. The summed E-state index contributed by atoms with van der Waals surface area (Å²) in [6.45, 7) is 0.609. The Morgan fingerprint density at radius 2 is 1.76 bits per heavy atom. The van der Waals surface area contributed by atoms with E-state index in [1.165, 1.54) is 12.1 Å². The molecule has 1 fully saturated rings. The van der Waals surface area contributed by atoms with Crippen LogP contribution in [0.15, 0.2) is 53.4 Å². The van der Waals surface area contributed by atoms with Gasteiger partial charge in [0.05, 0.1) is 17.3 Å². The van der Waals surface area contributed by atoms with Gasteiger partial charge in [0.25, 0.3) is 5.91 Å². The monoisotopic (exact) mass is 379 g/mol. The first-order valence-electron chi connectivity index (χ1n) is 7.84. The van der Waals surface area contributed by atoms with Crippen molar-refractivity contribution in [2.24, 2.45) is 0 Å². The average molecular weight is 380 g/mol. The SMILES string of the molecule is COc1ccc(C(=O)N2CCC(S(=O)(=O)c3ccc(Cl)cc3)C2)cc1. The summed E-state index contributed by atoms with van der Waals surface area (Å²) in [5.74, 6) is 0.498. The maximum atomic E-state index is 12.7. The van der Waals surface area contributed by atoms with Gasteiger partial charge in [-0.25, -0.2) is 8.42 Å². The first-order chi connectivity index (χ1) is 11.9. The van der Waals surface area contributed by atoms with Gasteiger partial charge >= 0.3 is 0 Å². The topological polar surface area (TPSA) is 63.7 Å². The Morgan fingerprint density at radius 3 is 2.36 bits per heavy atom. The van der Waals surface area contributed by atoms with Gasteiger partial charge in [-0.1, -0.05) is 11.6 Å². The van der Waals surface area contributed by atoms with E-state index < -0.39 is 15.1 Å². The molecule has 1 unspecified atom stereocenters. The highest BCUT2D eigenvalue weighted by Gasteiger charge is 2.36. The van der Waals surface area contributed by atoms with Crippen molar-refractivity contribution in [2.75, 3.05) is 20.2 Å². The van der Waals surface area contributed by atoms with E-state index in [-0.39, 0.29) is 17.3 Å². The molecule has 0 aliphatic carbocycles. The lowest BCUT2D eigenvalue weighted by molar-refractivity contribution is 0.0793. The Bertz CT molecular complexity index is 863. The number of ether oxygens (including phenoxy) is 1. The zero-order chi connectivity index (χ0) is 18.0. The Kier molecular flexibility index (Phi) is 5.01. The fourth-order valence-electron chi connectivity index (χ4n) is 2.90. The van der Waals surface area contributed by atoms with E-state index in [2.05, 4.69) is 0 Å². The first kappa shape index (κ1) is 17.8. The second-order valence-corrected chi connectivity index (χ2v) is 8.55. The molecule has 0 radical (unpaired) electrons. The quantitative estimate of drug-likeness (QED) is 0.819. The molecule has 3 rings (SSSR count). The number of rotatable bonds is 4. The van der Waals surface area contributed by atoms with Crippen molar-refractivity contribution in [3.63, 3.8) is 0 Å². The van der Waals surface area contributed by atoms with Crippen LogP contribution in [0, 0.1) is 0 Å². The van der Waals surface area contributed by atoms with E-state index in [1.54, 1.807) is 48.4 Å². The van der Waals surface area contributed by atoms with Crippen molar-refractivity contribution in [1.29, 1.82) is 0 Å². The normalized spacial score (nSPS) is 17.5. The minimum absolute atomic E-state index is 0.170. The van der Waals surface area contributed by atoms with Gasteiger partial charge in [0.2, 0.25) is 0 Å². The van der Waals surface area contributed by atoms with Crippen LogP contribution in [0.25, 0.3) is 0 Å². The molecule has 7 heteroatoms. The van der Waals surface area contributed by atoms with Crippen LogP contribution in [0.5, 0.6) is 5.75 Å². The van der Waals surface area contributed by atoms with Crippen LogP contribution in [0.3, 0.4) is 0 Å². The highest BCUT2D eigenvalue weighted by molar-refractivity contribution is 7.92. The van der Waals surface area contributed by atoms with E-state index >= 15 is 0 Å². The molecule has 0 saturated carbocycles. The number of benzene rings is 2. The Labute approximate surface area is 152 Å². The summed E-state index contributed by atoms with van der Waals surface area (Å²) < 4.78 is 30.6. The fourth-order valence-corrected chi connectivity index (χ4v) is 4.72. The molecule has 5 nitrogen and oxygen atoms in total. The maximum absolute atomic E-state index is 12.7. The third kappa shape index (κ3) is 3.65. The summed E-state index contributed by atoms with van der Waals surface area (Å²) in [6, 6.07) is 12.9. The van der Waals surface area contributed by atoms with Gasteiger partial charge in [0, 0.05) is 23.7 Å². The number of halogens is 1. The lowest BCUT2D eigenvalue weighted by atomic mass is 10.2. The summed E-state index contributed by atoms with van der Waals surface area (Å²) in [5.41, 5.74) is 0.519. The van der Waals surface area contributed by atoms with E-state index in [1.807, 2.05) is 0 Å². The second-order valence-electron chi connectivity index (χ2n) is 5.89. The number of amides is 1. The minimum atomic E-state index is -3.49.